The first-order chi connectivity index (χ1) is 8.56. The van der Waals surface area contributed by atoms with Gasteiger partial charge in [0, 0.05) is 5.02 Å². The van der Waals surface area contributed by atoms with E-state index < -0.39 is 0 Å². The zero-order valence-corrected chi connectivity index (χ0v) is 12.2. The van der Waals surface area contributed by atoms with Gasteiger partial charge in [-0.15, -0.1) is 0 Å². The third kappa shape index (κ3) is 3.37. The zero-order chi connectivity index (χ0) is 13.1. The highest BCUT2D eigenvalue weighted by molar-refractivity contribution is 9.10. The summed E-state index contributed by atoms with van der Waals surface area (Å²) < 4.78 is 19.0. The minimum absolute atomic E-state index is 0.303. The summed E-state index contributed by atoms with van der Waals surface area (Å²) >= 11 is 14.9. The Kier molecular flexibility index (Phi) is 4.49. The van der Waals surface area contributed by atoms with E-state index in [4.69, 9.17) is 27.9 Å². The second kappa shape index (κ2) is 5.91. The van der Waals surface area contributed by atoms with Crippen LogP contribution in [-0.4, -0.2) is 0 Å². The summed E-state index contributed by atoms with van der Waals surface area (Å²) in [5, 5.41) is 1.00. The Morgan fingerprint density at radius 1 is 1.11 bits per heavy atom. The van der Waals surface area contributed by atoms with E-state index in [2.05, 4.69) is 15.9 Å². The Hall–Kier alpha value is -0.770. The van der Waals surface area contributed by atoms with Gasteiger partial charge in [0.15, 0.2) is 0 Å². The summed E-state index contributed by atoms with van der Waals surface area (Å²) in [4.78, 5) is 0. The van der Waals surface area contributed by atoms with Gasteiger partial charge in [-0.1, -0.05) is 29.3 Å². The predicted octanol–water partition coefficient (Wildman–Crippen LogP) is 5.47. The molecule has 0 heterocycles. The molecule has 0 aliphatic heterocycles. The molecule has 2 aromatic carbocycles. The monoisotopic (exact) mass is 348 g/mol. The van der Waals surface area contributed by atoms with E-state index in [1.54, 1.807) is 30.3 Å². The van der Waals surface area contributed by atoms with Gasteiger partial charge in [0.25, 0.3) is 0 Å². The molecule has 0 saturated heterocycles. The molecule has 2 rings (SSSR count). The molecule has 0 aliphatic carbocycles. The van der Waals surface area contributed by atoms with Gasteiger partial charge in [0.05, 0.1) is 9.50 Å². The molecule has 0 spiro atoms. The van der Waals surface area contributed by atoms with Crippen molar-refractivity contribution in [2.45, 2.75) is 6.61 Å². The third-order valence-electron chi connectivity index (χ3n) is 2.27. The highest BCUT2D eigenvalue weighted by Gasteiger charge is 2.04. The van der Waals surface area contributed by atoms with Crippen LogP contribution in [0.1, 0.15) is 5.56 Å². The Bertz CT molecular complexity index is 575. The van der Waals surface area contributed by atoms with E-state index >= 15 is 0 Å². The van der Waals surface area contributed by atoms with E-state index in [1.165, 1.54) is 6.07 Å². The molecule has 0 bridgehead atoms. The number of benzene rings is 2. The average Bonchev–Trinajstić information content (AvgIpc) is 2.32. The van der Waals surface area contributed by atoms with Gasteiger partial charge in [-0.3, -0.25) is 0 Å². The quantitative estimate of drug-likeness (QED) is 0.713. The topological polar surface area (TPSA) is 9.23 Å². The summed E-state index contributed by atoms with van der Waals surface area (Å²) in [5.41, 5.74) is 0.842. The number of hydrogen-bond acceptors (Lipinski definition) is 1. The second-order valence-electron chi connectivity index (χ2n) is 3.61. The molecule has 0 aliphatic rings. The normalized spacial score (nSPS) is 10.4. The lowest BCUT2D eigenvalue weighted by Crippen LogP contribution is -1.96. The molecule has 0 atom stereocenters. The summed E-state index contributed by atoms with van der Waals surface area (Å²) in [5.74, 6) is 0.241. The van der Waals surface area contributed by atoms with Crippen molar-refractivity contribution in [2.24, 2.45) is 0 Å². The van der Waals surface area contributed by atoms with Gasteiger partial charge < -0.3 is 4.74 Å². The Morgan fingerprint density at radius 3 is 2.56 bits per heavy atom. The molecule has 0 N–H and O–H groups in total. The van der Waals surface area contributed by atoms with Crippen LogP contribution in [0, 0.1) is 5.82 Å². The molecule has 94 valence electrons. The molecule has 0 amide bonds. The van der Waals surface area contributed by atoms with E-state index in [-0.39, 0.29) is 5.82 Å². The lowest BCUT2D eigenvalue weighted by atomic mass is 10.2. The molecule has 0 fully saturated rings. The number of ether oxygens (including phenoxy) is 1. The van der Waals surface area contributed by atoms with Crippen LogP contribution in [-0.2, 0) is 6.61 Å². The van der Waals surface area contributed by atoms with Gasteiger partial charge in [-0.25, -0.2) is 4.39 Å². The minimum atomic E-state index is -0.303. The molecular formula is C13H8BrCl2FO. The maximum absolute atomic E-state index is 13.0. The van der Waals surface area contributed by atoms with Crippen LogP contribution in [0.25, 0.3) is 0 Å². The predicted molar refractivity (Wildman–Crippen MR) is 74.9 cm³/mol. The molecule has 1 nitrogen and oxygen atoms in total. The minimum Gasteiger partial charge on any atom is -0.487 e. The van der Waals surface area contributed by atoms with E-state index in [0.717, 1.165) is 5.56 Å². The lowest BCUT2D eigenvalue weighted by molar-refractivity contribution is 0.306. The van der Waals surface area contributed by atoms with Crippen molar-refractivity contribution in [1.29, 1.82) is 0 Å². The fourth-order valence-electron chi connectivity index (χ4n) is 1.38. The Morgan fingerprint density at radius 2 is 1.89 bits per heavy atom. The first-order valence-electron chi connectivity index (χ1n) is 5.08. The fraction of sp³-hybridized carbons (Fsp3) is 0.0769. The van der Waals surface area contributed by atoms with Gasteiger partial charge in [-0.2, -0.15) is 0 Å². The number of halogens is 4. The average molecular weight is 350 g/mol. The highest BCUT2D eigenvalue weighted by Crippen LogP contribution is 2.28. The Balaban J connectivity index is 2.09. The van der Waals surface area contributed by atoms with Crippen LogP contribution in [0.3, 0.4) is 0 Å². The summed E-state index contributed by atoms with van der Waals surface area (Å²) in [6.45, 7) is 0.306. The van der Waals surface area contributed by atoms with Crippen LogP contribution in [0.2, 0.25) is 10.0 Å². The number of hydrogen-bond donors (Lipinski definition) is 0. The van der Waals surface area contributed by atoms with E-state index in [1.807, 2.05) is 0 Å². The summed E-state index contributed by atoms with van der Waals surface area (Å²) in [6, 6.07) is 9.71. The van der Waals surface area contributed by atoms with Crippen molar-refractivity contribution >= 4 is 39.1 Å². The van der Waals surface area contributed by atoms with Gasteiger partial charge in [-0.05, 0) is 51.8 Å². The second-order valence-corrected chi connectivity index (χ2v) is 5.31. The van der Waals surface area contributed by atoms with Crippen LogP contribution in [0.5, 0.6) is 5.75 Å². The smallest absolute Gasteiger partial charge is 0.138 e. The maximum atomic E-state index is 13.0. The molecule has 2 aromatic rings. The largest absolute Gasteiger partial charge is 0.487 e. The SMILES string of the molecule is Fc1ccc(COc2ccc(Cl)cc2Cl)cc1Br. The molecule has 0 radical (unpaired) electrons. The van der Waals surface area contributed by atoms with Crippen molar-refractivity contribution in [3.63, 3.8) is 0 Å². The maximum Gasteiger partial charge on any atom is 0.138 e. The summed E-state index contributed by atoms with van der Waals surface area (Å²) in [7, 11) is 0. The lowest BCUT2D eigenvalue weighted by Gasteiger charge is -2.08. The van der Waals surface area contributed by atoms with E-state index in [9.17, 15) is 4.39 Å². The fourth-order valence-corrected chi connectivity index (χ4v) is 2.27. The van der Waals surface area contributed by atoms with Crippen molar-refractivity contribution in [3.05, 3.63) is 62.3 Å². The van der Waals surface area contributed by atoms with Crippen molar-refractivity contribution in [2.75, 3.05) is 0 Å². The molecular weight excluding hydrogens is 342 g/mol. The van der Waals surface area contributed by atoms with Gasteiger partial charge >= 0.3 is 0 Å². The van der Waals surface area contributed by atoms with E-state index in [0.29, 0.717) is 26.9 Å². The molecule has 18 heavy (non-hydrogen) atoms. The Labute approximate surface area is 123 Å². The molecule has 0 saturated carbocycles. The van der Waals surface area contributed by atoms with Crippen molar-refractivity contribution < 1.29 is 9.13 Å². The first-order valence-corrected chi connectivity index (χ1v) is 6.63. The standard InChI is InChI=1S/C13H8BrCl2FO/c14-10-5-8(1-3-12(10)17)7-18-13-4-2-9(15)6-11(13)16/h1-6H,7H2. The van der Waals surface area contributed by atoms with Gasteiger partial charge in [0.1, 0.15) is 18.2 Å². The third-order valence-corrected chi connectivity index (χ3v) is 3.41. The molecule has 0 unspecified atom stereocenters. The molecule has 0 aromatic heterocycles. The summed E-state index contributed by atoms with van der Waals surface area (Å²) in [6.07, 6.45) is 0. The zero-order valence-electron chi connectivity index (χ0n) is 9.09. The first kappa shape index (κ1) is 13.7. The number of rotatable bonds is 3. The van der Waals surface area contributed by atoms with Crippen molar-refractivity contribution in [3.8, 4) is 5.75 Å². The highest BCUT2D eigenvalue weighted by atomic mass is 79.9. The van der Waals surface area contributed by atoms with Crippen LogP contribution in [0.4, 0.5) is 4.39 Å². The van der Waals surface area contributed by atoms with Crippen LogP contribution >= 0.6 is 39.1 Å². The van der Waals surface area contributed by atoms with Crippen LogP contribution < -0.4 is 4.74 Å². The van der Waals surface area contributed by atoms with Crippen LogP contribution in [0.15, 0.2) is 40.9 Å². The van der Waals surface area contributed by atoms with Crippen molar-refractivity contribution in [1.82, 2.24) is 0 Å². The van der Waals surface area contributed by atoms with Gasteiger partial charge in [0.2, 0.25) is 0 Å². The molecule has 5 heteroatoms.